The number of hydrogen-bond acceptors (Lipinski definition) is 2. The normalized spacial score (nSPS) is 27.4. The highest BCUT2D eigenvalue weighted by Gasteiger charge is 2.38. The zero-order chi connectivity index (χ0) is 12.6. The third-order valence-electron chi connectivity index (χ3n) is 3.67. The Bertz CT molecular complexity index is 225. The van der Waals surface area contributed by atoms with Gasteiger partial charge >= 0.3 is 0 Å². The average Bonchev–Trinajstić information content (AvgIpc) is 2.05. The second-order valence-corrected chi connectivity index (χ2v) is 7.41. The van der Waals surface area contributed by atoms with Crippen molar-refractivity contribution < 1.29 is 0 Å². The minimum absolute atomic E-state index is 0.298. The molecule has 96 valence electrons. The van der Waals surface area contributed by atoms with Crippen LogP contribution in [0.15, 0.2) is 0 Å². The molecule has 0 aromatic heterocycles. The van der Waals surface area contributed by atoms with E-state index in [1.165, 1.54) is 13.1 Å². The van der Waals surface area contributed by atoms with Gasteiger partial charge in [-0.3, -0.25) is 4.90 Å². The van der Waals surface area contributed by atoms with E-state index in [4.69, 9.17) is 0 Å². The first kappa shape index (κ1) is 14.0. The van der Waals surface area contributed by atoms with E-state index in [1.54, 1.807) is 0 Å². The highest BCUT2D eigenvalue weighted by molar-refractivity contribution is 4.96. The summed E-state index contributed by atoms with van der Waals surface area (Å²) in [6, 6.07) is 0.610. The lowest BCUT2D eigenvalue weighted by Gasteiger charge is -2.50. The van der Waals surface area contributed by atoms with Gasteiger partial charge in [-0.1, -0.05) is 34.6 Å². The maximum Gasteiger partial charge on any atom is 0.0278 e. The lowest BCUT2D eigenvalue weighted by molar-refractivity contribution is 0.0274. The molecule has 1 aliphatic rings. The van der Waals surface area contributed by atoms with Crippen LogP contribution in [0.25, 0.3) is 0 Å². The van der Waals surface area contributed by atoms with Gasteiger partial charge < -0.3 is 5.32 Å². The number of rotatable bonds is 2. The minimum Gasteiger partial charge on any atom is -0.310 e. The second-order valence-electron chi connectivity index (χ2n) is 7.41. The third kappa shape index (κ3) is 3.46. The van der Waals surface area contributed by atoms with Crippen molar-refractivity contribution in [1.82, 2.24) is 10.2 Å². The first-order valence-electron chi connectivity index (χ1n) is 6.61. The molecule has 0 aliphatic carbocycles. The maximum atomic E-state index is 3.71. The summed E-state index contributed by atoms with van der Waals surface area (Å²) in [7, 11) is 0. The molecule has 0 bridgehead atoms. The summed E-state index contributed by atoms with van der Waals surface area (Å²) in [4.78, 5) is 2.66. The van der Waals surface area contributed by atoms with Gasteiger partial charge in [0.1, 0.15) is 0 Å². The van der Waals surface area contributed by atoms with Crippen LogP contribution in [0.2, 0.25) is 0 Å². The van der Waals surface area contributed by atoms with E-state index in [0.717, 1.165) is 12.5 Å². The first-order chi connectivity index (χ1) is 7.13. The van der Waals surface area contributed by atoms with Crippen LogP contribution in [-0.2, 0) is 0 Å². The molecule has 16 heavy (non-hydrogen) atoms. The highest BCUT2D eigenvalue weighted by Crippen LogP contribution is 2.27. The van der Waals surface area contributed by atoms with Crippen LogP contribution < -0.4 is 5.32 Å². The fourth-order valence-corrected chi connectivity index (χ4v) is 2.36. The fourth-order valence-electron chi connectivity index (χ4n) is 2.36. The van der Waals surface area contributed by atoms with Crippen molar-refractivity contribution in [1.29, 1.82) is 0 Å². The molecule has 0 aromatic rings. The van der Waals surface area contributed by atoms with E-state index in [1.807, 2.05) is 0 Å². The predicted molar refractivity (Wildman–Crippen MR) is 71.7 cm³/mol. The molecule has 1 fully saturated rings. The van der Waals surface area contributed by atoms with Gasteiger partial charge in [-0.05, 0) is 25.2 Å². The van der Waals surface area contributed by atoms with Crippen LogP contribution in [0.5, 0.6) is 0 Å². The molecular weight excluding hydrogens is 196 g/mol. The second kappa shape index (κ2) is 4.66. The molecule has 1 unspecified atom stereocenters. The van der Waals surface area contributed by atoms with Gasteiger partial charge in [0.15, 0.2) is 0 Å². The van der Waals surface area contributed by atoms with E-state index in [0.29, 0.717) is 17.0 Å². The smallest absolute Gasteiger partial charge is 0.0278 e. The van der Waals surface area contributed by atoms with Gasteiger partial charge in [0.25, 0.3) is 0 Å². The Morgan fingerprint density at radius 2 is 1.88 bits per heavy atom. The third-order valence-corrected chi connectivity index (χ3v) is 3.67. The molecule has 0 aromatic carbocycles. The summed E-state index contributed by atoms with van der Waals surface area (Å²) in [6.45, 7) is 19.8. The van der Waals surface area contributed by atoms with Crippen molar-refractivity contribution in [3.63, 3.8) is 0 Å². The lowest BCUT2D eigenvalue weighted by atomic mass is 9.82. The molecule has 1 saturated heterocycles. The van der Waals surface area contributed by atoms with Crippen molar-refractivity contribution in [2.75, 3.05) is 19.6 Å². The number of nitrogens with one attached hydrogen (secondary N) is 1. The van der Waals surface area contributed by atoms with Crippen LogP contribution in [0.1, 0.15) is 48.5 Å². The van der Waals surface area contributed by atoms with Gasteiger partial charge in [0, 0.05) is 31.2 Å². The number of nitrogens with zero attached hydrogens (tertiary/aromatic N) is 1. The molecule has 0 radical (unpaired) electrons. The Morgan fingerprint density at radius 3 is 2.31 bits per heavy atom. The van der Waals surface area contributed by atoms with Crippen molar-refractivity contribution >= 4 is 0 Å². The Hall–Kier alpha value is -0.0800. The molecule has 2 nitrogen and oxygen atoms in total. The van der Waals surface area contributed by atoms with E-state index >= 15 is 0 Å². The monoisotopic (exact) mass is 226 g/mol. The molecule has 0 spiro atoms. The Kier molecular flexibility index (Phi) is 4.07. The van der Waals surface area contributed by atoms with Gasteiger partial charge in [-0.25, -0.2) is 0 Å². The van der Waals surface area contributed by atoms with Crippen LogP contribution in [0.3, 0.4) is 0 Å². The fraction of sp³-hybridized carbons (Fsp3) is 1.00. The van der Waals surface area contributed by atoms with Gasteiger partial charge in [-0.15, -0.1) is 0 Å². The SMILES string of the molecule is CC(C)CN1CC(C(C)(C)C)NCC1(C)C. The number of hydrogen-bond donors (Lipinski definition) is 1. The summed E-state index contributed by atoms with van der Waals surface area (Å²) < 4.78 is 0. The molecule has 1 rings (SSSR count). The summed E-state index contributed by atoms with van der Waals surface area (Å²) >= 11 is 0. The summed E-state index contributed by atoms with van der Waals surface area (Å²) in [5, 5.41) is 3.71. The summed E-state index contributed by atoms with van der Waals surface area (Å²) in [5.74, 6) is 0.748. The molecule has 1 atom stereocenters. The summed E-state index contributed by atoms with van der Waals surface area (Å²) in [5.41, 5.74) is 0.651. The zero-order valence-corrected chi connectivity index (χ0v) is 12.2. The van der Waals surface area contributed by atoms with Crippen molar-refractivity contribution in [2.24, 2.45) is 11.3 Å². The molecule has 1 N–H and O–H groups in total. The van der Waals surface area contributed by atoms with Crippen LogP contribution >= 0.6 is 0 Å². The van der Waals surface area contributed by atoms with Crippen molar-refractivity contribution in [3.8, 4) is 0 Å². The Labute approximate surface area is 102 Å². The molecular formula is C14H30N2. The predicted octanol–water partition coefficient (Wildman–Crippen LogP) is 2.74. The first-order valence-corrected chi connectivity index (χ1v) is 6.61. The molecule has 0 amide bonds. The zero-order valence-electron chi connectivity index (χ0n) is 12.2. The van der Waals surface area contributed by atoms with Gasteiger partial charge in [0.05, 0.1) is 0 Å². The van der Waals surface area contributed by atoms with Gasteiger partial charge in [0.2, 0.25) is 0 Å². The van der Waals surface area contributed by atoms with Gasteiger partial charge in [-0.2, -0.15) is 0 Å². The summed E-state index contributed by atoms with van der Waals surface area (Å²) in [6.07, 6.45) is 0. The van der Waals surface area contributed by atoms with Crippen molar-refractivity contribution in [3.05, 3.63) is 0 Å². The highest BCUT2D eigenvalue weighted by atomic mass is 15.3. The Morgan fingerprint density at radius 1 is 1.31 bits per heavy atom. The largest absolute Gasteiger partial charge is 0.310 e. The van der Waals surface area contributed by atoms with Crippen LogP contribution in [-0.4, -0.2) is 36.1 Å². The molecule has 2 heteroatoms. The quantitative estimate of drug-likeness (QED) is 0.779. The average molecular weight is 226 g/mol. The lowest BCUT2D eigenvalue weighted by Crippen LogP contribution is -2.65. The van der Waals surface area contributed by atoms with E-state index in [-0.39, 0.29) is 0 Å². The molecule has 0 saturated carbocycles. The topological polar surface area (TPSA) is 15.3 Å². The minimum atomic E-state index is 0.298. The van der Waals surface area contributed by atoms with E-state index in [9.17, 15) is 0 Å². The van der Waals surface area contributed by atoms with Crippen LogP contribution in [0.4, 0.5) is 0 Å². The Balaban J connectivity index is 2.70. The standard InChI is InChI=1S/C14H30N2/c1-11(2)8-16-9-12(13(3,4)5)15-10-14(16,6)7/h11-12,15H,8-10H2,1-7H3. The van der Waals surface area contributed by atoms with Crippen LogP contribution in [0, 0.1) is 11.3 Å². The van der Waals surface area contributed by atoms with E-state index in [2.05, 4.69) is 58.7 Å². The van der Waals surface area contributed by atoms with Crippen molar-refractivity contribution in [2.45, 2.75) is 60.0 Å². The number of piperazine rings is 1. The molecule has 1 aliphatic heterocycles. The molecule has 1 heterocycles. The van der Waals surface area contributed by atoms with E-state index < -0.39 is 0 Å². The maximum absolute atomic E-state index is 3.71.